The van der Waals surface area contributed by atoms with Gasteiger partial charge in [-0.15, -0.1) is 6.58 Å². The molecule has 1 aliphatic rings. The fraction of sp³-hybridized carbons (Fsp3) is 0.500. The summed E-state index contributed by atoms with van der Waals surface area (Å²) in [6.45, 7) is 5.40. The predicted octanol–water partition coefficient (Wildman–Crippen LogP) is 0.929. The molecule has 0 heterocycles. The molecule has 0 amide bonds. The third-order valence-electron chi connectivity index (χ3n) is 1.44. The maximum Gasteiger partial charge on any atom is 0.0229 e. The molecule has 39 valence electrons. The monoisotopic (exact) mass is 96.1 g/mol. The van der Waals surface area contributed by atoms with Gasteiger partial charge in [-0.1, -0.05) is 6.08 Å². The second-order valence-electron chi connectivity index (χ2n) is 1.99. The van der Waals surface area contributed by atoms with Crippen molar-refractivity contribution in [1.29, 1.82) is 0 Å². The Hall–Kier alpha value is -0.300. The van der Waals surface area contributed by atoms with Crippen LogP contribution >= 0.6 is 0 Å². The van der Waals surface area contributed by atoms with E-state index in [1.807, 2.05) is 6.08 Å². The van der Waals surface area contributed by atoms with Gasteiger partial charge in [-0.05, 0) is 18.3 Å². The van der Waals surface area contributed by atoms with Crippen molar-refractivity contribution in [1.82, 2.24) is 0 Å². The van der Waals surface area contributed by atoms with Gasteiger partial charge in [-0.2, -0.15) is 0 Å². The number of hydrogen-bond donors (Lipinski definition) is 1. The van der Waals surface area contributed by atoms with Crippen LogP contribution in [0.15, 0.2) is 12.7 Å². The molecule has 1 aliphatic carbocycles. The smallest absolute Gasteiger partial charge is 0.0229 e. The first-order chi connectivity index (χ1) is 3.38. The molecule has 1 fully saturated rings. The van der Waals surface area contributed by atoms with Crippen molar-refractivity contribution < 1.29 is 0 Å². The summed E-state index contributed by atoms with van der Waals surface area (Å²) in [5.41, 5.74) is 5.23. The van der Waals surface area contributed by atoms with E-state index in [0.717, 1.165) is 0 Å². The van der Waals surface area contributed by atoms with Crippen LogP contribution in [0.2, 0.25) is 0 Å². The minimum atomic E-state index is 0.650. The summed E-state index contributed by atoms with van der Waals surface area (Å²) in [4.78, 5) is 0. The van der Waals surface area contributed by atoms with Crippen LogP contribution in [0, 0.1) is 18.4 Å². The average Bonchev–Trinajstić information content (AvgIpc) is 2.43. The fourth-order valence-electron chi connectivity index (χ4n) is 0.728. The summed E-state index contributed by atoms with van der Waals surface area (Å²) < 4.78 is 0. The number of allylic oxidation sites excluding steroid dienone is 1. The van der Waals surface area contributed by atoms with Gasteiger partial charge in [0.15, 0.2) is 0 Å². The summed E-state index contributed by atoms with van der Waals surface area (Å²) in [6.07, 6.45) is 3.19. The molecule has 0 aromatic rings. The highest BCUT2D eigenvalue weighted by Crippen LogP contribution is 2.39. The van der Waals surface area contributed by atoms with Gasteiger partial charge in [0.2, 0.25) is 0 Å². The Bertz CT molecular complexity index is 78.2. The Kier molecular flexibility index (Phi) is 1.15. The van der Waals surface area contributed by atoms with Crippen molar-refractivity contribution in [2.24, 2.45) is 17.6 Å². The first-order valence-electron chi connectivity index (χ1n) is 2.56. The normalized spacial score (nSPS) is 37.9. The minimum Gasteiger partial charge on any atom is -0.326 e. The molecule has 1 radical (unpaired) electrons. The van der Waals surface area contributed by atoms with E-state index in [0.29, 0.717) is 11.8 Å². The predicted molar refractivity (Wildman–Crippen MR) is 30.3 cm³/mol. The lowest BCUT2D eigenvalue weighted by atomic mass is 10.3. The van der Waals surface area contributed by atoms with Crippen LogP contribution in [0.1, 0.15) is 6.42 Å². The summed E-state index contributed by atoms with van der Waals surface area (Å²) in [5.74, 6) is 1.35. The van der Waals surface area contributed by atoms with Gasteiger partial charge in [0.1, 0.15) is 0 Å². The van der Waals surface area contributed by atoms with Gasteiger partial charge >= 0.3 is 0 Å². The number of hydrogen-bond acceptors (Lipinski definition) is 1. The molecule has 1 rings (SSSR count). The molecule has 1 nitrogen and oxygen atoms in total. The second kappa shape index (κ2) is 1.66. The molecule has 0 saturated heterocycles. The molecule has 1 saturated carbocycles. The third-order valence-corrected chi connectivity index (χ3v) is 1.44. The summed E-state index contributed by atoms with van der Waals surface area (Å²) in [5, 5.41) is 0. The Morgan fingerprint density at radius 2 is 2.29 bits per heavy atom. The van der Waals surface area contributed by atoms with Crippen molar-refractivity contribution in [3.8, 4) is 0 Å². The van der Waals surface area contributed by atoms with Gasteiger partial charge in [-0.3, -0.25) is 0 Å². The van der Waals surface area contributed by atoms with E-state index < -0.39 is 0 Å². The molecule has 0 aromatic carbocycles. The topological polar surface area (TPSA) is 26.0 Å². The molecule has 0 aliphatic heterocycles. The zero-order valence-corrected chi connectivity index (χ0v) is 4.30. The van der Waals surface area contributed by atoms with Crippen LogP contribution in [0.5, 0.6) is 0 Å². The molecule has 1 heteroatoms. The van der Waals surface area contributed by atoms with Crippen LogP contribution in [0.25, 0.3) is 0 Å². The largest absolute Gasteiger partial charge is 0.326 e. The van der Waals surface area contributed by atoms with E-state index in [2.05, 4.69) is 6.58 Å². The Morgan fingerprint density at radius 1 is 1.57 bits per heavy atom. The fourth-order valence-corrected chi connectivity index (χ4v) is 0.728. The van der Waals surface area contributed by atoms with Gasteiger partial charge in [-0.25, -0.2) is 0 Å². The highest BCUT2D eigenvalue weighted by molar-refractivity contribution is 5.02. The van der Waals surface area contributed by atoms with Crippen LogP contribution < -0.4 is 5.73 Å². The van der Waals surface area contributed by atoms with E-state index in [-0.39, 0.29) is 0 Å². The molecule has 2 atom stereocenters. The van der Waals surface area contributed by atoms with Crippen molar-refractivity contribution in [2.45, 2.75) is 6.42 Å². The van der Waals surface area contributed by atoms with Crippen LogP contribution in [-0.4, -0.2) is 0 Å². The second-order valence-corrected chi connectivity index (χ2v) is 1.99. The first kappa shape index (κ1) is 4.85. The van der Waals surface area contributed by atoms with E-state index in [4.69, 9.17) is 5.73 Å². The minimum absolute atomic E-state index is 0.650. The maximum atomic E-state index is 5.23. The standard InChI is InChI=1S/C6H10N/c1-2-5-3-6(5)4-7/h2,4-6H,1,3,7H2. The van der Waals surface area contributed by atoms with Gasteiger partial charge in [0.25, 0.3) is 0 Å². The molecule has 0 bridgehead atoms. The lowest BCUT2D eigenvalue weighted by Crippen LogP contribution is -1.92. The van der Waals surface area contributed by atoms with Crippen molar-refractivity contribution in [2.75, 3.05) is 0 Å². The SMILES string of the molecule is C=CC1CC1[CH]N. The van der Waals surface area contributed by atoms with Crippen molar-refractivity contribution in [3.63, 3.8) is 0 Å². The zero-order chi connectivity index (χ0) is 5.28. The van der Waals surface area contributed by atoms with Gasteiger partial charge in [0.05, 0.1) is 0 Å². The molecular weight excluding hydrogens is 86.1 g/mol. The first-order valence-corrected chi connectivity index (χ1v) is 2.56. The Balaban J connectivity index is 2.17. The van der Waals surface area contributed by atoms with Crippen molar-refractivity contribution in [3.05, 3.63) is 19.2 Å². The molecule has 7 heavy (non-hydrogen) atoms. The van der Waals surface area contributed by atoms with E-state index >= 15 is 0 Å². The number of nitrogens with two attached hydrogens (primary N) is 1. The Labute approximate surface area is 44.2 Å². The number of rotatable bonds is 2. The molecule has 2 N–H and O–H groups in total. The lowest BCUT2D eigenvalue weighted by Gasteiger charge is -1.81. The van der Waals surface area contributed by atoms with Crippen molar-refractivity contribution >= 4 is 0 Å². The van der Waals surface area contributed by atoms with Gasteiger partial charge in [0, 0.05) is 6.54 Å². The van der Waals surface area contributed by atoms with Gasteiger partial charge < -0.3 is 5.73 Å². The summed E-state index contributed by atoms with van der Waals surface area (Å²) >= 11 is 0. The molecule has 0 aromatic heterocycles. The van der Waals surface area contributed by atoms with E-state index in [1.54, 1.807) is 6.54 Å². The van der Waals surface area contributed by atoms with E-state index in [1.165, 1.54) is 6.42 Å². The zero-order valence-electron chi connectivity index (χ0n) is 4.30. The average molecular weight is 96.2 g/mol. The van der Waals surface area contributed by atoms with E-state index in [9.17, 15) is 0 Å². The lowest BCUT2D eigenvalue weighted by molar-refractivity contribution is 0.902. The summed E-state index contributed by atoms with van der Waals surface area (Å²) in [6, 6.07) is 0. The highest BCUT2D eigenvalue weighted by Gasteiger charge is 2.32. The quantitative estimate of drug-likeness (QED) is 0.508. The Morgan fingerprint density at radius 3 is 2.43 bits per heavy atom. The highest BCUT2D eigenvalue weighted by atomic mass is 14.6. The molecule has 0 spiro atoms. The van der Waals surface area contributed by atoms with Crippen LogP contribution in [0.3, 0.4) is 0 Å². The third kappa shape index (κ3) is 0.829. The van der Waals surface area contributed by atoms with Crippen LogP contribution in [0.4, 0.5) is 0 Å². The maximum absolute atomic E-state index is 5.23. The van der Waals surface area contributed by atoms with Crippen LogP contribution in [-0.2, 0) is 0 Å². The molecule has 2 unspecified atom stereocenters. The molecular formula is C6H10N. The summed E-state index contributed by atoms with van der Waals surface area (Å²) in [7, 11) is 0.